The van der Waals surface area contributed by atoms with Crippen molar-refractivity contribution in [1.82, 2.24) is 0 Å². The van der Waals surface area contributed by atoms with Crippen molar-refractivity contribution >= 4 is 11.8 Å². The van der Waals surface area contributed by atoms with Crippen LogP contribution in [0.5, 0.6) is 5.75 Å². The predicted octanol–water partition coefficient (Wildman–Crippen LogP) is 3.20. The molecule has 2 nitrogen and oxygen atoms in total. The van der Waals surface area contributed by atoms with Crippen molar-refractivity contribution in [2.75, 3.05) is 25.2 Å². The van der Waals surface area contributed by atoms with E-state index in [0.717, 1.165) is 31.1 Å². The maximum Gasteiger partial charge on any atom is 0.122 e. The van der Waals surface area contributed by atoms with Gasteiger partial charge in [0.15, 0.2) is 0 Å². The zero-order chi connectivity index (χ0) is 12.8. The maximum absolute atomic E-state index is 5.61. The summed E-state index contributed by atoms with van der Waals surface area (Å²) in [6, 6.07) is 6.71. The molecule has 18 heavy (non-hydrogen) atoms. The number of methoxy groups -OCH3 is 1. The summed E-state index contributed by atoms with van der Waals surface area (Å²) in [5.41, 5.74) is 8.41. The first-order valence-corrected chi connectivity index (χ1v) is 7.95. The molecule has 2 rings (SSSR count). The van der Waals surface area contributed by atoms with Gasteiger partial charge in [0.25, 0.3) is 0 Å². The van der Waals surface area contributed by atoms with Gasteiger partial charge in [-0.05, 0) is 66.8 Å². The molecule has 1 aromatic carbocycles. The van der Waals surface area contributed by atoms with E-state index in [1.54, 1.807) is 7.11 Å². The Bertz CT molecular complexity index is 375. The Morgan fingerprint density at radius 3 is 2.78 bits per heavy atom. The number of ether oxygens (including phenoxy) is 1. The van der Waals surface area contributed by atoms with Crippen LogP contribution in [0.2, 0.25) is 0 Å². The molecule has 1 fully saturated rings. The zero-order valence-corrected chi connectivity index (χ0v) is 12.0. The van der Waals surface area contributed by atoms with E-state index in [2.05, 4.69) is 30.0 Å². The van der Waals surface area contributed by atoms with Gasteiger partial charge in [-0.15, -0.1) is 0 Å². The van der Waals surface area contributed by atoms with Gasteiger partial charge in [-0.3, -0.25) is 0 Å². The summed E-state index contributed by atoms with van der Waals surface area (Å²) in [7, 11) is 1.75. The standard InChI is InChI=1S/C15H23NOS/c1-17-15-5-4-13(11-14(15)3-2-8-16)12-6-9-18-10-7-12/h4-5,11-12H,2-3,6-10,16H2,1H3. The molecule has 0 spiro atoms. The second-order valence-electron chi connectivity index (χ2n) is 4.85. The molecular weight excluding hydrogens is 242 g/mol. The van der Waals surface area contributed by atoms with Gasteiger partial charge in [0.05, 0.1) is 7.11 Å². The number of hydrogen-bond acceptors (Lipinski definition) is 3. The molecular formula is C15H23NOS. The molecule has 2 N–H and O–H groups in total. The van der Waals surface area contributed by atoms with Crippen LogP contribution in [-0.4, -0.2) is 25.2 Å². The van der Waals surface area contributed by atoms with Gasteiger partial charge in [0.2, 0.25) is 0 Å². The third-order valence-corrected chi connectivity index (χ3v) is 4.70. The van der Waals surface area contributed by atoms with E-state index in [1.165, 1.54) is 35.5 Å². The van der Waals surface area contributed by atoms with Crippen LogP contribution in [0.4, 0.5) is 0 Å². The number of hydrogen-bond donors (Lipinski definition) is 1. The average molecular weight is 265 g/mol. The van der Waals surface area contributed by atoms with Crippen molar-refractivity contribution in [3.8, 4) is 5.75 Å². The number of nitrogens with two attached hydrogens (primary N) is 1. The summed E-state index contributed by atoms with van der Waals surface area (Å²) < 4.78 is 5.44. The van der Waals surface area contributed by atoms with Crippen molar-refractivity contribution in [2.24, 2.45) is 5.73 Å². The van der Waals surface area contributed by atoms with Crippen LogP contribution in [0.25, 0.3) is 0 Å². The molecule has 1 aliphatic heterocycles. The van der Waals surface area contributed by atoms with Gasteiger partial charge >= 0.3 is 0 Å². The largest absolute Gasteiger partial charge is 0.496 e. The lowest BCUT2D eigenvalue weighted by molar-refractivity contribution is 0.408. The van der Waals surface area contributed by atoms with Crippen LogP contribution >= 0.6 is 11.8 Å². The molecule has 100 valence electrons. The average Bonchev–Trinajstić information content (AvgIpc) is 2.45. The Hall–Kier alpha value is -0.670. The predicted molar refractivity (Wildman–Crippen MR) is 79.7 cm³/mol. The highest BCUT2D eigenvalue weighted by Crippen LogP contribution is 2.33. The van der Waals surface area contributed by atoms with Crippen molar-refractivity contribution in [3.63, 3.8) is 0 Å². The second-order valence-corrected chi connectivity index (χ2v) is 6.07. The van der Waals surface area contributed by atoms with Crippen LogP contribution in [0.1, 0.15) is 36.3 Å². The Morgan fingerprint density at radius 2 is 2.11 bits per heavy atom. The minimum absolute atomic E-state index is 0.744. The molecule has 0 unspecified atom stereocenters. The first-order valence-electron chi connectivity index (χ1n) is 6.79. The molecule has 3 heteroatoms. The first kappa shape index (κ1) is 13.8. The van der Waals surface area contributed by atoms with E-state index >= 15 is 0 Å². The van der Waals surface area contributed by atoms with Crippen LogP contribution in [0, 0.1) is 0 Å². The van der Waals surface area contributed by atoms with Crippen molar-refractivity contribution in [3.05, 3.63) is 29.3 Å². The van der Waals surface area contributed by atoms with Gasteiger partial charge in [-0.25, -0.2) is 0 Å². The highest BCUT2D eigenvalue weighted by Gasteiger charge is 2.17. The Labute approximate surface area is 114 Å². The highest BCUT2D eigenvalue weighted by molar-refractivity contribution is 7.99. The normalized spacial score (nSPS) is 16.8. The van der Waals surface area contributed by atoms with Crippen LogP contribution in [0.15, 0.2) is 18.2 Å². The van der Waals surface area contributed by atoms with Crippen molar-refractivity contribution in [2.45, 2.75) is 31.6 Å². The molecule has 1 aromatic rings. The molecule has 0 aromatic heterocycles. The quantitative estimate of drug-likeness (QED) is 0.888. The molecule has 1 aliphatic rings. The van der Waals surface area contributed by atoms with E-state index in [-0.39, 0.29) is 0 Å². The molecule has 1 saturated heterocycles. The lowest BCUT2D eigenvalue weighted by Crippen LogP contribution is -2.09. The Balaban J connectivity index is 2.15. The summed E-state index contributed by atoms with van der Waals surface area (Å²) in [5, 5.41) is 0. The Morgan fingerprint density at radius 1 is 1.33 bits per heavy atom. The fourth-order valence-electron chi connectivity index (χ4n) is 2.57. The number of aryl methyl sites for hydroxylation is 1. The lowest BCUT2D eigenvalue weighted by atomic mass is 9.91. The first-order chi connectivity index (χ1) is 8.85. The van der Waals surface area contributed by atoms with E-state index < -0.39 is 0 Å². The van der Waals surface area contributed by atoms with E-state index in [0.29, 0.717) is 0 Å². The molecule has 0 bridgehead atoms. The van der Waals surface area contributed by atoms with Crippen molar-refractivity contribution in [1.29, 1.82) is 0 Å². The van der Waals surface area contributed by atoms with Gasteiger partial charge < -0.3 is 10.5 Å². The molecule has 0 aliphatic carbocycles. The monoisotopic (exact) mass is 265 g/mol. The summed E-state index contributed by atoms with van der Waals surface area (Å²) in [6.07, 6.45) is 4.68. The van der Waals surface area contributed by atoms with Gasteiger partial charge in [0.1, 0.15) is 5.75 Å². The maximum atomic E-state index is 5.61. The second kappa shape index (κ2) is 7.05. The van der Waals surface area contributed by atoms with Crippen molar-refractivity contribution < 1.29 is 4.74 Å². The van der Waals surface area contributed by atoms with E-state index in [4.69, 9.17) is 10.5 Å². The van der Waals surface area contributed by atoms with Gasteiger partial charge in [0, 0.05) is 0 Å². The minimum Gasteiger partial charge on any atom is -0.496 e. The molecule has 0 atom stereocenters. The Kier molecular flexibility index (Phi) is 5.39. The summed E-state index contributed by atoms with van der Waals surface area (Å²) >= 11 is 2.08. The molecule has 0 amide bonds. The lowest BCUT2D eigenvalue weighted by Gasteiger charge is -2.23. The summed E-state index contributed by atoms with van der Waals surface area (Å²) in [6.45, 7) is 0.744. The summed E-state index contributed by atoms with van der Waals surface area (Å²) in [5.74, 6) is 4.36. The van der Waals surface area contributed by atoms with E-state index in [9.17, 15) is 0 Å². The third kappa shape index (κ3) is 3.42. The van der Waals surface area contributed by atoms with Crippen LogP contribution in [-0.2, 0) is 6.42 Å². The zero-order valence-electron chi connectivity index (χ0n) is 11.2. The molecule has 0 saturated carbocycles. The number of thioether (sulfide) groups is 1. The van der Waals surface area contributed by atoms with E-state index in [1.807, 2.05) is 0 Å². The number of rotatable bonds is 5. The molecule has 1 heterocycles. The smallest absolute Gasteiger partial charge is 0.122 e. The highest BCUT2D eigenvalue weighted by atomic mass is 32.2. The fourth-order valence-corrected chi connectivity index (χ4v) is 3.68. The molecule has 0 radical (unpaired) electrons. The van der Waals surface area contributed by atoms with Crippen LogP contribution < -0.4 is 10.5 Å². The topological polar surface area (TPSA) is 35.2 Å². The SMILES string of the molecule is COc1ccc(C2CCSCC2)cc1CCCN. The fraction of sp³-hybridized carbons (Fsp3) is 0.600. The minimum atomic E-state index is 0.744. The number of benzene rings is 1. The van der Waals surface area contributed by atoms with Crippen LogP contribution in [0.3, 0.4) is 0 Å². The summed E-state index contributed by atoms with van der Waals surface area (Å²) in [4.78, 5) is 0. The van der Waals surface area contributed by atoms with Gasteiger partial charge in [-0.1, -0.05) is 12.1 Å². The third-order valence-electron chi connectivity index (χ3n) is 3.65. The van der Waals surface area contributed by atoms with Gasteiger partial charge in [-0.2, -0.15) is 11.8 Å².